The molecule has 121 valence electrons. The lowest BCUT2D eigenvalue weighted by Gasteiger charge is -2.40. The molecule has 0 aliphatic heterocycles. The van der Waals surface area contributed by atoms with Crippen molar-refractivity contribution in [2.75, 3.05) is 0 Å². The molecule has 0 spiro atoms. The second kappa shape index (κ2) is 4.27. The van der Waals surface area contributed by atoms with Crippen LogP contribution in [0.1, 0.15) is 0 Å². The zero-order chi connectivity index (χ0) is 17.0. The fourth-order valence-electron chi connectivity index (χ4n) is 0.953. The van der Waals surface area contributed by atoms with Crippen LogP contribution in [0.2, 0.25) is 0 Å². The highest BCUT2D eigenvalue weighted by Crippen LogP contribution is 2.61. The van der Waals surface area contributed by atoms with E-state index < -0.39 is 36.0 Å². The van der Waals surface area contributed by atoms with Crippen molar-refractivity contribution in [2.45, 2.75) is 36.0 Å². The van der Waals surface area contributed by atoms with E-state index in [9.17, 15) is 62.2 Å². The molecule has 0 bridgehead atoms. The minimum absolute atomic E-state index is 7.54. The molecule has 1 radical (unpaired) electrons. The Morgan fingerprint density at radius 3 is 0.900 bits per heavy atom. The van der Waals surface area contributed by atoms with Crippen LogP contribution in [0.5, 0.6) is 0 Å². The first kappa shape index (κ1) is 19.1. The lowest BCUT2D eigenvalue weighted by Crippen LogP contribution is -2.75. The van der Waals surface area contributed by atoms with Crippen molar-refractivity contribution in [1.29, 1.82) is 0 Å². The van der Waals surface area contributed by atoms with E-state index in [0.717, 1.165) is 0 Å². The summed E-state index contributed by atoms with van der Waals surface area (Å²) in [6.45, 7) is 0. The second-order valence-electron chi connectivity index (χ2n) is 3.32. The Labute approximate surface area is 99.5 Å². The maximum Gasteiger partial charge on any atom is 0.457 e. The molecule has 0 aromatic rings. The van der Waals surface area contributed by atoms with Crippen molar-refractivity contribution in [3.63, 3.8) is 0 Å². The molecular weight excluding hydrogens is 335 g/mol. The lowest BCUT2D eigenvalue weighted by molar-refractivity contribution is -0.484. The van der Waals surface area contributed by atoms with Gasteiger partial charge < -0.3 is 0 Å². The van der Waals surface area contributed by atoms with Gasteiger partial charge in [0.15, 0.2) is 0 Å². The van der Waals surface area contributed by atoms with Gasteiger partial charge in [0, 0.05) is 0 Å². The summed E-state index contributed by atoms with van der Waals surface area (Å²) < 4.78 is 155. The standard InChI is InChI=1S/C6F13O/c7-1(4(11,12)13,2(8,9)5(14,15)16)3(10,20)6(17,18)19. The summed E-state index contributed by atoms with van der Waals surface area (Å²) in [5.41, 5.74) is -8.11. The van der Waals surface area contributed by atoms with E-state index >= 15 is 0 Å². The maximum atomic E-state index is 12.8. The maximum absolute atomic E-state index is 12.8. The summed E-state index contributed by atoms with van der Waals surface area (Å²) in [4.78, 5) is 0. The highest BCUT2D eigenvalue weighted by molar-refractivity contribution is 5.13. The van der Waals surface area contributed by atoms with E-state index in [-0.39, 0.29) is 0 Å². The average molecular weight is 335 g/mol. The summed E-state index contributed by atoms with van der Waals surface area (Å²) in [7, 11) is 0. The fraction of sp³-hybridized carbons (Fsp3) is 1.00. The minimum Gasteiger partial charge on any atom is -0.219 e. The summed E-state index contributed by atoms with van der Waals surface area (Å²) in [5.74, 6) is -15.8. The molecule has 0 saturated carbocycles. The Morgan fingerprint density at radius 1 is 0.450 bits per heavy atom. The summed E-state index contributed by atoms with van der Waals surface area (Å²) in [5, 5.41) is 10.0. The topological polar surface area (TPSA) is 19.9 Å². The quantitative estimate of drug-likeness (QED) is 0.677. The molecule has 0 rings (SSSR count). The zero-order valence-corrected chi connectivity index (χ0v) is 8.32. The van der Waals surface area contributed by atoms with Crippen LogP contribution in [0.4, 0.5) is 57.1 Å². The van der Waals surface area contributed by atoms with Crippen molar-refractivity contribution in [3.8, 4) is 0 Å². The third-order valence-electron chi connectivity index (χ3n) is 1.99. The van der Waals surface area contributed by atoms with Gasteiger partial charge in [-0.2, -0.15) is 57.8 Å². The Kier molecular flexibility index (Phi) is 4.07. The first-order valence-electron chi connectivity index (χ1n) is 3.91. The number of hydrogen-bond acceptors (Lipinski definition) is 0. The summed E-state index contributed by atoms with van der Waals surface area (Å²) in [6, 6.07) is 0. The molecule has 2 unspecified atom stereocenters. The van der Waals surface area contributed by atoms with Gasteiger partial charge in [0.25, 0.3) is 0 Å². The molecule has 1 nitrogen and oxygen atoms in total. The third-order valence-corrected chi connectivity index (χ3v) is 1.99. The molecule has 14 heteroatoms. The van der Waals surface area contributed by atoms with Gasteiger partial charge in [-0.15, -0.1) is 0 Å². The molecule has 0 aromatic heterocycles. The van der Waals surface area contributed by atoms with Crippen molar-refractivity contribution in [2.24, 2.45) is 0 Å². The predicted molar refractivity (Wildman–Crippen MR) is 31.5 cm³/mol. The number of rotatable bonds is 2. The van der Waals surface area contributed by atoms with Crippen LogP contribution in [-0.4, -0.2) is 36.0 Å². The molecule has 2 atom stereocenters. The number of hydrogen-bond donors (Lipinski definition) is 0. The molecule has 0 aromatic carbocycles. The molecular formula is C6F13O. The highest BCUT2D eigenvalue weighted by Gasteiger charge is 2.94. The first-order chi connectivity index (χ1) is 8.25. The van der Waals surface area contributed by atoms with Crippen molar-refractivity contribution in [3.05, 3.63) is 0 Å². The molecule has 20 heavy (non-hydrogen) atoms. The lowest BCUT2D eigenvalue weighted by atomic mass is 9.87. The summed E-state index contributed by atoms with van der Waals surface area (Å²) in [6.07, 6.45) is -23.0. The first-order valence-corrected chi connectivity index (χ1v) is 3.91. The minimum atomic E-state index is -8.11. The van der Waals surface area contributed by atoms with Gasteiger partial charge in [-0.05, 0) is 0 Å². The fourth-order valence-corrected chi connectivity index (χ4v) is 0.953. The Balaban J connectivity index is 6.50. The van der Waals surface area contributed by atoms with Crippen molar-refractivity contribution in [1.82, 2.24) is 0 Å². The van der Waals surface area contributed by atoms with E-state index in [1.54, 1.807) is 0 Å². The van der Waals surface area contributed by atoms with Crippen molar-refractivity contribution < 1.29 is 62.2 Å². The van der Waals surface area contributed by atoms with Crippen molar-refractivity contribution >= 4 is 0 Å². The van der Waals surface area contributed by atoms with Crippen LogP contribution < -0.4 is 0 Å². The van der Waals surface area contributed by atoms with E-state index in [4.69, 9.17) is 0 Å². The zero-order valence-electron chi connectivity index (χ0n) is 8.32. The second-order valence-corrected chi connectivity index (χ2v) is 3.32. The molecule has 0 aliphatic carbocycles. The van der Waals surface area contributed by atoms with Crippen LogP contribution in [-0.2, 0) is 5.11 Å². The smallest absolute Gasteiger partial charge is 0.219 e. The van der Waals surface area contributed by atoms with Gasteiger partial charge >= 0.3 is 36.0 Å². The van der Waals surface area contributed by atoms with Crippen LogP contribution in [0.25, 0.3) is 0 Å². The highest BCUT2D eigenvalue weighted by atomic mass is 19.4. The molecule has 0 aliphatic rings. The van der Waals surface area contributed by atoms with Gasteiger partial charge in [-0.1, -0.05) is 0 Å². The van der Waals surface area contributed by atoms with Crippen LogP contribution in [0.15, 0.2) is 0 Å². The van der Waals surface area contributed by atoms with E-state index in [1.807, 2.05) is 0 Å². The van der Waals surface area contributed by atoms with Crippen LogP contribution >= 0.6 is 0 Å². The molecule has 0 fully saturated rings. The van der Waals surface area contributed by atoms with Gasteiger partial charge in [0.05, 0.1) is 0 Å². The summed E-state index contributed by atoms with van der Waals surface area (Å²) >= 11 is 0. The molecule has 0 N–H and O–H groups in total. The number of alkyl halides is 13. The predicted octanol–water partition coefficient (Wildman–Crippen LogP) is 4.11. The largest absolute Gasteiger partial charge is 0.457 e. The molecule has 0 heterocycles. The number of halogens is 13. The monoisotopic (exact) mass is 335 g/mol. The molecule has 0 amide bonds. The van der Waals surface area contributed by atoms with Crippen LogP contribution in [0.3, 0.4) is 0 Å². The Hall–Kier alpha value is -0.950. The van der Waals surface area contributed by atoms with E-state index in [2.05, 4.69) is 0 Å². The SMILES string of the molecule is [O]C(F)(C(F)(F)F)C(F)(C(F)(F)F)C(F)(F)C(F)(F)F. The molecule has 0 saturated heterocycles. The van der Waals surface area contributed by atoms with E-state index in [0.29, 0.717) is 0 Å². The average Bonchev–Trinajstić information content (AvgIpc) is 2.10. The van der Waals surface area contributed by atoms with Gasteiger partial charge in [-0.25, -0.2) is 4.39 Å². The van der Waals surface area contributed by atoms with Gasteiger partial charge in [0.1, 0.15) is 0 Å². The third kappa shape index (κ3) is 2.26. The van der Waals surface area contributed by atoms with Gasteiger partial charge in [-0.3, -0.25) is 0 Å². The Bertz CT molecular complexity index is 331. The van der Waals surface area contributed by atoms with E-state index in [1.165, 1.54) is 0 Å². The normalized spacial score (nSPS) is 21.3. The van der Waals surface area contributed by atoms with Crippen LogP contribution in [0, 0.1) is 0 Å². The Morgan fingerprint density at radius 2 is 0.750 bits per heavy atom. The van der Waals surface area contributed by atoms with Gasteiger partial charge in [0.2, 0.25) is 0 Å².